The summed E-state index contributed by atoms with van der Waals surface area (Å²) in [4.78, 5) is 8.46. The van der Waals surface area contributed by atoms with E-state index in [1.54, 1.807) is 13.4 Å². The molecule has 0 aromatic carbocycles. The highest BCUT2D eigenvalue weighted by Crippen LogP contribution is 2.27. The van der Waals surface area contributed by atoms with E-state index in [-0.39, 0.29) is 0 Å². The summed E-state index contributed by atoms with van der Waals surface area (Å²) >= 11 is 3.53. The van der Waals surface area contributed by atoms with E-state index in [2.05, 4.69) is 50.4 Å². The van der Waals surface area contributed by atoms with Gasteiger partial charge in [0.05, 0.1) is 0 Å². The Bertz CT molecular complexity index is 362. The number of nitrogens with zero attached hydrogens (tertiary/aromatic N) is 2. The normalized spacial score (nSPS) is 12.2. The van der Waals surface area contributed by atoms with Crippen LogP contribution in [0.5, 0.6) is 0 Å². The molecule has 1 aromatic heterocycles. The van der Waals surface area contributed by atoms with E-state index in [9.17, 15) is 0 Å². The third-order valence-corrected chi connectivity index (χ3v) is 3.22. The van der Waals surface area contributed by atoms with Gasteiger partial charge < -0.3 is 15.4 Å². The van der Waals surface area contributed by atoms with Crippen molar-refractivity contribution in [2.75, 3.05) is 30.9 Å². The first-order valence-electron chi connectivity index (χ1n) is 6.18. The van der Waals surface area contributed by atoms with Crippen LogP contribution in [0.3, 0.4) is 0 Å². The molecule has 0 aliphatic carbocycles. The molecule has 0 saturated carbocycles. The summed E-state index contributed by atoms with van der Waals surface area (Å²) in [7, 11) is 1.71. The fourth-order valence-electron chi connectivity index (χ4n) is 1.44. The average molecular weight is 317 g/mol. The highest BCUT2D eigenvalue weighted by atomic mass is 79.9. The monoisotopic (exact) mass is 316 g/mol. The largest absolute Gasteiger partial charge is 0.385 e. The van der Waals surface area contributed by atoms with Crippen molar-refractivity contribution < 1.29 is 4.74 Å². The molecule has 0 aliphatic heterocycles. The molecule has 1 heterocycles. The van der Waals surface area contributed by atoms with Gasteiger partial charge >= 0.3 is 0 Å². The maximum atomic E-state index is 5.06. The molecule has 0 amide bonds. The van der Waals surface area contributed by atoms with Crippen LogP contribution in [0.4, 0.5) is 11.6 Å². The second kappa shape index (κ2) is 8.26. The first-order valence-corrected chi connectivity index (χ1v) is 6.98. The SMILES string of the molecule is CCCNc1ncnc(NC(C)CCOC)c1Br. The maximum Gasteiger partial charge on any atom is 0.146 e. The Morgan fingerprint density at radius 2 is 2.11 bits per heavy atom. The van der Waals surface area contributed by atoms with Crippen molar-refractivity contribution in [3.63, 3.8) is 0 Å². The van der Waals surface area contributed by atoms with E-state index in [0.29, 0.717) is 6.04 Å². The quantitative estimate of drug-likeness (QED) is 0.772. The fourth-order valence-corrected chi connectivity index (χ4v) is 1.90. The van der Waals surface area contributed by atoms with E-state index in [1.165, 1.54) is 0 Å². The lowest BCUT2D eigenvalue weighted by atomic mass is 10.2. The number of halogens is 1. The molecule has 0 bridgehead atoms. The van der Waals surface area contributed by atoms with Gasteiger partial charge in [-0.3, -0.25) is 0 Å². The molecule has 1 unspecified atom stereocenters. The minimum absolute atomic E-state index is 0.301. The lowest BCUT2D eigenvalue weighted by molar-refractivity contribution is 0.191. The topological polar surface area (TPSA) is 59.1 Å². The number of hydrogen-bond donors (Lipinski definition) is 2. The van der Waals surface area contributed by atoms with E-state index < -0.39 is 0 Å². The number of rotatable bonds is 8. The number of hydrogen-bond acceptors (Lipinski definition) is 5. The van der Waals surface area contributed by atoms with Crippen molar-refractivity contribution >= 4 is 27.6 Å². The molecule has 1 atom stereocenters. The Balaban J connectivity index is 2.64. The van der Waals surface area contributed by atoms with E-state index in [0.717, 1.165) is 42.1 Å². The van der Waals surface area contributed by atoms with Crippen molar-refractivity contribution in [2.45, 2.75) is 32.7 Å². The number of ether oxygens (including phenoxy) is 1. The molecular weight excluding hydrogens is 296 g/mol. The first kappa shape index (κ1) is 15.2. The summed E-state index contributed by atoms with van der Waals surface area (Å²) in [5, 5.41) is 6.60. The van der Waals surface area contributed by atoms with Gasteiger partial charge in [0.2, 0.25) is 0 Å². The predicted molar refractivity (Wildman–Crippen MR) is 78.1 cm³/mol. The van der Waals surface area contributed by atoms with Crippen LogP contribution >= 0.6 is 15.9 Å². The molecule has 2 N–H and O–H groups in total. The Morgan fingerprint density at radius 1 is 1.39 bits per heavy atom. The van der Waals surface area contributed by atoms with Gasteiger partial charge in [-0.1, -0.05) is 6.92 Å². The highest BCUT2D eigenvalue weighted by Gasteiger charge is 2.10. The van der Waals surface area contributed by atoms with Crippen molar-refractivity contribution in [1.82, 2.24) is 9.97 Å². The van der Waals surface area contributed by atoms with Gasteiger partial charge in [-0.05, 0) is 35.7 Å². The van der Waals surface area contributed by atoms with Crippen LogP contribution in [-0.4, -0.2) is 36.3 Å². The van der Waals surface area contributed by atoms with Crippen LogP contribution in [-0.2, 0) is 4.74 Å². The lowest BCUT2D eigenvalue weighted by Crippen LogP contribution is -2.19. The summed E-state index contributed by atoms with van der Waals surface area (Å²) in [5.74, 6) is 1.64. The third-order valence-electron chi connectivity index (χ3n) is 2.47. The molecule has 0 spiro atoms. The van der Waals surface area contributed by atoms with Crippen LogP contribution in [0.15, 0.2) is 10.8 Å². The van der Waals surface area contributed by atoms with Crippen LogP contribution in [0.1, 0.15) is 26.7 Å². The fraction of sp³-hybridized carbons (Fsp3) is 0.667. The predicted octanol–water partition coefficient (Wildman–Crippen LogP) is 2.90. The standard InChI is InChI=1S/C12H21BrN4O/c1-4-6-14-11-10(13)12(16-8-15-11)17-9(2)5-7-18-3/h8-9H,4-7H2,1-3H3,(H2,14,15,16,17). The molecule has 5 nitrogen and oxygen atoms in total. The van der Waals surface area contributed by atoms with Gasteiger partial charge in [0.1, 0.15) is 22.4 Å². The second-order valence-corrected chi connectivity index (χ2v) is 4.93. The molecule has 102 valence electrons. The average Bonchev–Trinajstić information content (AvgIpc) is 2.37. The second-order valence-electron chi connectivity index (χ2n) is 4.14. The lowest BCUT2D eigenvalue weighted by Gasteiger charge is -2.16. The number of anilines is 2. The van der Waals surface area contributed by atoms with Crippen LogP contribution in [0.2, 0.25) is 0 Å². The molecule has 0 saturated heterocycles. The third kappa shape index (κ3) is 4.78. The van der Waals surface area contributed by atoms with Gasteiger partial charge in [-0.25, -0.2) is 9.97 Å². The van der Waals surface area contributed by atoms with E-state index in [1.807, 2.05) is 0 Å². The highest BCUT2D eigenvalue weighted by molar-refractivity contribution is 9.10. The van der Waals surface area contributed by atoms with Gasteiger partial charge in [0.15, 0.2) is 0 Å². The number of methoxy groups -OCH3 is 1. The van der Waals surface area contributed by atoms with Crippen molar-refractivity contribution in [3.8, 4) is 0 Å². The summed E-state index contributed by atoms with van der Waals surface area (Å²) in [6.45, 7) is 5.85. The Kier molecular flexibility index (Phi) is 6.97. The molecule has 18 heavy (non-hydrogen) atoms. The zero-order valence-electron chi connectivity index (χ0n) is 11.2. The molecule has 0 radical (unpaired) electrons. The van der Waals surface area contributed by atoms with Gasteiger partial charge in [0, 0.05) is 26.3 Å². The number of aromatic nitrogens is 2. The zero-order chi connectivity index (χ0) is 13.4. The van der Waals surface area contributed by atoms with Gasteiger partial charge in [-0.15, -0.1) is 0 Å². The van der Waals surface area contributed by atoms with Gasteiger partial charge in [0.25, 0.3) is 0 Å². The van der Waals surface area contributed by atoms with Crippen molar-refractivity contribution in [3.05, 3.63) is 10.8 Å². The Hall–Kier alpha value is -0.880. The number of nitrogens with one attached hydrogen (secondary N) is 2. The zero-order valence-corrected chi connectivity index (χ0v) is 12.7. The van der Waals surface area contributed by atoms with Crippen molar-refractivity contribution in [1.29, 1.82) is 0 Å². The molecule has 1 rings (SSSR count). The molecule has 1 aromatic rings. The summed E-state index contributed by atoms with van der Waals surface area (Å²) in [6, 6.07) is 0.301. The van der Waals surface area contributed by atoms with E-state index in [4.69, 9.17) is 4.74 Å². The van der Waals surface area contributed by atoms with Crippen LogP contribution in [0, 0.1) is 0 Å². The summed E-state index contributed by atoms with van der Waals surface area (Å²) in [5.41, 5.74) is 0. The maximum absolute atomic E-state index is 5.06. The molecule has 0 aliphatic rings. The minimum atomic E-state index is 0.301. The van der Waals surface area contributed by atoms with Gasteiger partial charge in [-0.2, -0.15) is 0 Å². The molecular formula is C12H21BrN4O. The smallest absolute Gasteiger partial charge is 0.146 e. The Labute approximate surface area is 117 Å². The van der Waals surface area contributed by atoms with Crippen LogP contribution in [0.25, 0.3) is 0 Å². The first-order chi connectivity index (χ1) is 8.69. The minimum Gasteiger partial charge on any atom is -0.385 e. The van der Waals surface area contributed by atoms with E-state index >= 15 is 0 Å². The van der Waals surface area contributed by atoms with Crippen LogP contribution < -0.4 is 10.6 Å². The molecule has 6 heteroatoms. The summed E-state index contributed by atoms with van der Waals surface area (Å²) < 4.78 is 5.94. The van der Waals surface area contributed by atoms with Crippen molar-refractivity contribution in [2.24, 2.45) is 0 Å². The summed E-state index contributed by atoms with van der Waals surface area (Å²) in [6.07, 6.45) is 3.56. The Morgan fingerprint density at radius 3 is 2.78 bits per heavy atom. The molecule has 0 fully saturated rings.